The first-order chi connectivity index (χ1) is 18.1. The summed E-state index contributed by atoms with van der Waals surface area (Å²) in [5.41, 5.74) is 0.787. The molecule has 1 saturated carbocycles. The summed E-state index contributed by atoms with van der Waals surface area (Å²) in [7, 11) is 0. The van der Waals surface area contributed by atoms with Crippen LogP contribution in [0.3, 0.4) is 0 Å². The molecule has 37 heavy (non-hydrogen) atoms. The van der Waals surface area contributed by atoms with E-state index < -0.39 is 0 Å². The number of rotatable bonds is 6. The first-order valence-corrected chi connectivity index (χ1v) is 13.7. The highest BCUT2D eigenvalue weighted by Crippen LogP contribution is 2.27. The van der Waals surface area contributed by atoms with Gasteiger partial charge in [0.15, 0.2) is 0 Å². The number of halogens is 1. The summed E-state index contributed by atoms with van der Waals surface area (Å²) in [6.45, 7) is 6.18. The average Bonchev–Trinajstić information content (AvgIpc) is 2.95. The molecular formula is C27H34ClN7O2. The zero-order valence-corrected chi connectivity index (χ0v) is 21.8. The molecule has 0 atom stereocenters. The Labute approximate surface area is 223 Å². The predicted molar refractivity (Wildman–Crippen MR) is 142 cm³/mol. The van der Waals surface area contributed by atoms with Gasteiger partial charge < -0.3 is 20.3 Å². The Kier molecular flexibility index (Phi) is 8.39. The largest absolute Gasteiger partial charge is 0.490 e. The SMILES string of the molecule is N#Cc1ccc(O[C@H]2CC[C@H](NC(=O)c3cnc(N4CCN(C5CCNCC5)CC4)cn3)CC2)cc1Cl. The van der Waals surface area contributed by atoms with Gasteiger partial charge in [0.25, 0.3) is 5.91 Å². The van der Waals surface area contributed by atoms with Gasteiger partial charge in [-0.3, -0.25) is 9.69 Å². The van der Waals surface area contributed by atoms with Crippen LogP contribution in [-0.2, 0) is 0 Å². The van der Waals surface area contributed by atoms with Crippen LogP contribution in [0.5, 0.6) is 5.75 Å². The van der Waals surface area contributed by atoms with E-state index in [1.807, 2.05) is 0 Å². The van der Waals surface area contributed by atoms with E-state index in [0.717, 1.165) is 70.8 Å². The van der Waals surface area contributed by atoms with Gasteiger partial charge in [-0.25, -0.2) is 9.97 Å². The summed E-state index contributed by atoms with van der Waals surface area (Å²) in [4.78, 5) is 26.6. The van der Waals surface area contributed by atoms with Crippen LogP contribution >= 0.6 is 11.6 Å². The Hall–Kier alpha value is -2.93. The molecule has 1 aliphatic carbocycles. The van der Waals surface area contributed by atoms with E-state index in [1.165, 1.54) is 12.8 Å². The molecule has 0 radical (unpaired) electrons. The fourth-order valence-corrected chi connectivity index (χ4v) is 5.74. The molecule has 3 fully saturated rings. The van der Waals surface area contributed by atoms with Crippen LogP contribution in [-0.4, -0.2) is 78.2 Å². The number of amides is 1. The van der Waals surface area contributed by atoms with Crippen molar-refractivity contribution in [3.8, 4) is 11.8 Å². The Morgan fingerprint density at radius 2 is 1.81 bits per heavy atom. The van der Waals surface area contributed by atoms with Crippen molar-refractivity contribution in [3.63, 3.8) is 0 Å². The highest BCUT2D eigenvalue weighted by Gasteiger charge is 2.27. The van der Waals surface area contributed by atoms with Gasteiger partial charge in [0.2, 0.25) is 0 Å². The molecule has 2 aromatic rings. The van der Waals surface area contributed by atoms with Gasteiger partial charge in [0.1, 0.15) is 23.3 Å². The van der Waals surface area contributed by atoms with Crippen molar-refractivity contribution in [1.82, 2.24) is 25.5 Å². The second-order valence-electron chi connectivity index (χ2n) is 10.1. The first-order valence-electron chi connectivity index (χ1n) is 13.3. The minimum absolute atomic E-state index is 0.0616. The molecular weight excluding hydrogens is 490 g/mol. The van der Waals surface area contributed by atoms with E-state index in [9.17, 15) is 4.79 Å². The molecule has 0 spiro atoms. The van der Waals surface area contributed by atoms with E-state index in [4.69, 9.17) is 21.6 Å². The van der Waals surface area contributed by atoms with Crippen molar-refractivity contribution in [2.75, 3.05) is 44.2 Å². The third-order valence-corrected chi connectivity index (χ3v) is 8.02. The van der Waals surface area contributed by atoms with Crippen molar-refractivity contribution >= 4 is 23.3 Å². The predicted octanol–water partition coefficient (Wildman–Crippen LogP) is 3.00. The van der Waals surface area contributed by atoms with E-state index in [0.29, 0.717) is 28.1 Å². The normalized spacial score (nSPS) is 23.3. The number of piperazine rings is 1. The Morgan fingerprint density at radius 1 is 1.05 bits per heavy atom. The lowest BCUT2D eigenvalue weighted by Gasteiger charge is -2.41. The number of nitriles is 1. The second-order valence-corrected chi connectivity index (χ2v) is 10.5. The molecule has 196 valence electrons. The maximum Gasteiger partial charge on any atom is 0.271 e. The molecule has 10 heteroatoms. The van der Waals surface area contributed by atoms with Gasteiger partial charge in [-0.15, -0.1) is 0 Å². The lowest BCUT2D eigenvalue weighted by atomic mass is 9.93. The van der Waals surface area contributed by atoms with Crippen molar-refractivity contribution in [2.24, 2.45) is 0 Å². The third-order valence-electron chi connectivity index (χ3n) is 7.71. The minimum Gasteiger partial charge on any atom is -0.490 e. The maximum atomic E-state index is 12.8. The van der Waals surface area contributed by atoms with Crippen molar-refractivity contribution in [2.45, 2.75) is 56.7 Å². The maximum absolute atomic E-state index is 12.8. The molecule has 1 amide bonds. The Morgan fingerprint density at radius 3 is 2.46 bits per heavy atom. The lowest BCUT2D eigenvalue weighted by molar-refractivity contribution is 0.0888. The first kappa shape index (κ1) is 25.7. The van der Waals surface area contributed by atoms with Gasteiger partial charge in [0, 0.05) is 44.3 Å². The monoisotopic (exact) mass is 523 g/mol. The van der Waals surface area contributed by atoms with Gasteiger partial charge in [0.05, 0.1) is 29.1 Å². The Balaban J connectivity index is 1.06. The fourth-order valence-electron chi connectivity index (χ4n) is 5.53. The van der Waals surface area contributed by atoms with Crippen LogP contribution in [0, 0.1) is 11.3 Å². The smallest absolute Gasteiger partial charge is 0.271 e. The number of hydrogen-bond acceptors (Lipinski definition) is 8. The minimum atomic E-state index is -0.182. The Bertz CT molecular complexity index is 1100. The molecule has 2 saturated heterocycles. The van der Waals surface area contributed by atoms with Crippen molar-refractivity contribution in [3.05, 3.63) is 46.9 Å². The summed E-state index contributed by atoms with van der Waals surface area (Å²) in [6, 6.07) is 7.96. The molecule has 0 bridgehead atoms. The average molecular weight is 524 g/mol. The number of aromatic nitrogens is 2. The van der Waals surface area contributed by atoms with Crippen molar-refractivity contribution < 1.29 is 9.53 Å². The number of ether oxygens (including phenoxy) is 1. The quantitative estimate of drug-likeness (QED) is 0.595. The van der Waals surface area contributed by atoms with E-state index in [1.54, 1.807) is 30.6 Å². The number of anilines is 1. The molecule has 9 nitrogen and oxygen atoms in total. The fraction of sp³-hybridized carbons (Fsp3) is 0.556. The van der Waals surface area contributed by atoms with Crippen molar-refractivity contribution in [1.29, 1.82) is 5.26 Å². The summed E-state index contributed by atoms with van der Waals surface area (Å²) in [5, 5.41) is 16.0. The van der Waals surface area contributed by atoms with Gasteiger partial charge in [-0.1, -0.05) is 11.6 Å². The summed E-state index contributed by atoms with van der Waals surface area (Å²) < 4.78 is 6.05. The standard InChI is InChI=1S/C27H34ClN7O2/c28-24-15-23(4-1-19(24)16-29)37-22-5-2-20(3-6-22)33-27(36)25-17-32-26(18-31-25)35-13-11-34(12-14-35)21-7-9-30-10-8-21/h1,4,15,17-18,20-22,30H,2-3,5-14H2,(H,33,36)/t20-,22-. The topological polar surface area (TPSA) is 106 Å². The number of hydrogen-bond donors (Lipinski definition) is 2. The van der Waals surface area contributed by atoms with Gasteiger partial charge in [-0.2, -0.15) is 5.26 Å². The highest BCUT2D eigenvalue weighted by molar-refractivity contribution is 6.31. The van der Waals surface area contributed by atoms with Crippen LogP contribution < -0.4 is 20.3 Å². The van der Waals surface area contributed by atoms with Crippen LogP contribution in [0.1, 0.15) is 54.6 Å². The van der Waals surface area contributed by atoms with E-state index >= 15 is 0 Å². The lowest BCUT2D eigenvalue weighted by Crippen LogP contribution is -2.53. The van der Waals surface area contributed by atoms with E-state index in [2.05, 4.69) is 36.5 Å². The zero-order chi connectivity index (χ0) is 25.6. The second kappa shape index (κ2) is 12.1. The molecule has 1 aromatic heterocycles. The van der Waals surface area contributed by atoms with Crippen LogP contribution in [0.2, 0.25) is 5.02 Å². The van der Waals surface area contributed by atoms with Gasteiger partial charge >= 0.3 is 0 Å². The number of benzene rings is 1. The van der Waals surface area contributed by atoms with Crippen LogP contribution in [0.4, 0.5) is 5.82 Å². The molecule has 5 rings (SSSR count). The molecule has 2 N–H and O–H groups in total. The number of carbonyl (C=O) groups excluding carboxylic acids is 1. The summed E-state index contributed by atoms with van der Waals surface area (Å²) in [6.07, 6.45) is 9.14. The number of nitrogens with zero attached hydrogens (tertiary/aromatic N) is 5. The number of nitrogens with one attached hydrogen (secondary N) is 2. The summed E-state index contributed by atoms with van der Waals surface area (Å²) >= 11 is 6.11. The molecule has 3 heterocycles. The molecule has 0 unspecified atom stereocenters. The zero-order valence-electron chi connectivity index (χ0n) is 21.0. The number of piperidine rings is 1. The molecule has 3 aliphatic rings. The van der Waals surface area contributed by atoms with E-state index in [-0.39, 0.29) is 18.1 Å². The molecule has 2 aliphatic heterocycles. The number of carbonyl (C=O) groups is 1. The third kappa shape index (κ3) is 6.50. The van der Waals surface area contributed by atoms with Gasteiger partial charge in [-0.05, 0) is 63.7 Å². The highest BCUT2D eigenvalue weighted by atomic mass is 35.5. The summed E-state index contributed by atoms with van der Waals surface area (Å²) in [5.74, 6) is 1.32. The molecule has 1 aromatic carbocycles. The van der Waals surface area contributed by atoms with Crippen LogP contribution in [0.15, 0.2) is 30.6 Å². The van der Waals surface area contributed by atoms with Crippen LogP contribution in [0.25, 0.3) is 0 Å².